The zero-order valence-electron chi connectivity index (χ0n) is 10.1. The third-order valence-electron chi connectivity index (χ3n) is 3.04. The van der Waals surface area contributed by atoms with Crippen molar-refractivity contribution in [3.05, 3.63) is 18.5 Å². The standard InChI is InChI=1S/C12H18N4O/c1-10(17)13-8-5-11-4-2-9-16(11)12-14-6-3-7-15-12/h3,6-7,11H,2,4-5,8-9H2,1H3,(H,13,17)/t11-/m1/s1. The number of amides is 1. The van der Waals surface area contributed by atoms with Crippen molar-refractivity contribution in [2.45, 2.75) is 32.2 Å². The molecule has 5 nitrogen and oxygen atoms in total. The molecular weight excluding hydrogens is 216 g/mol. The molecule has 0 aliphatic carbocycles. The first-order valence-electron chi connectivity index (χ1n) is 6.05. The summed E-state index contributed by atoms with van der Waals surface area (Å²) in [5, 5.41) is 2.84. The summed E-state index contributed by atoms with van der Waals surface area (Å²) >= 11 is 0. The second kappa shape index (κ2) is 5.61. The van der Waals surface area contributed by atoms with Gasteiger partial charge in [0.2, 0.25) is 11.9 Å². The van der Waals surface area contributed by atoms with E-state index in [1.54, 1.807) is 19.3 Å². The third kappa shape index (κ3) is 3.15. The van der Waals surface area contributed by atoms with Gasteiger partial charge in [-0.05, 0) is 25.3 Å². The van der Waals surface area contributed by atoms with Gasteiger partial charge in [0.1, 0.15) is 0 Å². The van der Waals surface area contributed by atoms with Crippen LogP contribution in [0.4, 0.5) is 5.95 Å². The predicted molar refractivity (Wildman–Crippen MR) is 65.7 cm³/mol. The molecule has 1 aliphatic rings. The van der Waals surface area contributed by atoms with Crippen molar-refractivity contribution >= 4 is 11.9 Å². The van der Waals surface area contributed by atoms with Crippen LogP contribution in [0.3, 0.4) is 0 Å². The number of nitrogens with zero attached hydrogens (tertiary/aromatic N) is 3. The predicted octanol–water partition coefficient (Wildman–Crippen LogP) is 0.972. The SMILES string of the molecule is CC(=O)NCC[C@H]1CCCN1c1ncccn1. The number of rotatable bonds is 4. The molecule has 1 atom stereocenters. The van der Waals surface area contributed by atoms with Gasteiger partial charge in [-0.15, -0.1) is 0 Å². The van der Waals surface area contributed by atoms with Crippen molar-refractivity contribution < 1.29 is 4.79 Å². The molecule has 1 amide bonds. The van der Waals surface area contributed by atoms with E-state index in [-0.39, 0.29) is 5.91 Å². The summed E-state index contributed by atoms with van der Waals surface area (Å²) < 4.78 is 0. The van der Waals surface area contributed by atoms with Crippen LogP contribution in [-0.2, 0) is 4.79 Å². The quantitative estimate of drug-likeness (QED) is 0.843. The zero-order valence-corrected chi connectivity index (χ0v) is 10.1. The van der Waals surface area contributed by atoms with E-state index in [4.69, 9.17) is 0 Å². The first-order chi connectivity index (χ1) is 8.27. The number of carbonyl (C=O) groups is 1. The van der Waals surface area contributed by atoms with E-state index in [1.165, 1.54) is 6.42 Å². The number of hydrogen-bond acceptors (Lipinski definition) is 4. The Kier molecular flexibility index (Phi) is 3.90. The Morgan fingerprint density at radius 1 is 1.53 bits per heavy atom. The summed E-state index contributed by atoms with van der Waals surface area (Å²) in [6.07, 6.45) is 6.82. The minimum atomic E-state index is 0.0329. The van der Waals surface area contributed by atoms with Crippen molar-refractivity contribution in [3.8, 4) is 0 Å². The highest BCUT2D eigenvalue weighted by molar-refractivity contribution is 5.72. The highest BCUT2D eigenvalue weighted by Crippen LogP contribution is 2.23. The Morgan fingerprint density at radius 2 is 2.29 bits per heavy atom. The molecule has 1 saturated heterocycles. The van der Waals surface area contributed by atoms with Crippen LogP contribution in [-0.4, -0.2) is 35.0 Å². The summed E-state index contributed by atoms with van der Waals surface area (Å²) in [4.78, 5) is 21.6. The average Bonchev–Trinajstić information content (AvgIpc) is 2.78. The van der Waals surface area contributed by atoms with Gasteiger partial charge in [0.15, 0.2) is 0 Å². The minimum absolute atomic E-state index is 0.0329. The summed E-state index contributed by atoms with van der Waals surface area (Å²) in [5.74, 6) is 0.836. The lowest BCUT2D eigenvalue weighted by Crippen LogP contribution is -2.34. The highest BCUT2D eigenvalue weighted by atomic mass is 16.1. The minimum Gasteiger partial charge on any atom is -0.356 e. The van der Waals surface area contributed by atoms with Crippen molar-refractivity contribution in [3.63, 3.8) is 0 Å². The molecule has 0 aromatic carbocycles. The van der Waals surface area contributed by atoms with Gasteiger partial charge >= 0.3 is 0 Å². The van der Waals surface area contributed by atoms with Gasteiger partial charge in [-0.2, -0.15) is 0 Å². The number of anilines is 1. The third-order valence-corrected chi connectivity index (χ3v) is 3.04. The molecule has 92 valence electrons. The van der Waals surface area contributed by atoms with Gasteiger partial charge < -0.3 is 10.2 Å². The summed E-state index contributed by atoms with van der Waals surface area (Å²) in [6.45, 7) is 3.28. The monoisotopic (exact) mass is 234 g/mol. The molecule has 1 fully saturated rings. The number of aromatic nitrogens is 2. The molecule has 0 saturated carbocycles. The lowest BCUT2D eigenvalue weighted by molar-refractivity contribution is -0.118. The molecule has 0 spiro atoms. The van der Waals surface area contributed by atoms with Gasteiger partial charge in [0, 0.05) is 38.4 Å². The molecule has 1 N–H and O–H groups in total. The fraction of sp³-hybridized carbons (Fsp3) is 0.583. The topological polar surface area (TPSA) is 58.1 Å². The maximum absolute atomic E-state index is 10.8. The van der Waals surface area contributed by atoms with E-state index in [2.05, 4.69) is 20.2 Å². The van der Waals surface area contributed by atoms with Gasteiger partial charge in [-0.25, -0.2) is 9.97 Å². The van der Waals surface area contributed by atoms with Crippen molar-refractivity contribution in [1.82, 2.24) is 15.3 Å². The van der Waals surface area contributed by atoms with Crippen LogP contribution in [0.2, 0.25) is 0 Å². The van der Waals surface area contributed by atoms with Crippen molar-refractivity contribution in [2.24, 2.45) is 0 Å². The van der Waals surface area contributed by atoms with Crippen molar-refractivity contribution in [2.75, 3.05) is 18.0 Å². The molecule has 0 bridgehead atoms. The lowest BCUT2D eigenvalue weighted by atomic mass is 10.1. The second-order valence-corrected chi connectivity index (χ2v) is 4.31. The Balaban J connectivity index is 1.91. The fourth-order valence-electron chi connectivity index (χ4n) is 2.25. The van der Waals surface area contributed by atoms with E-state index in [9.17, 15) is 4.79 Å². The largest absolute Gasteiger partial charge is 0.356 e. The molecule has 1 aliphatic heterocycles. The van der Waals surface area contributed by atoms with Crippen LogP contribution >= 0.6 is 0 Å². The Morgan fingerprint density at radius 3 is 3.00 bits per heavy atom. The molecule has 0 radical (unpaired) electrons. The lowest BCUT2D eigenvalue weighted by Gasteiger charge is -2.24. The first kappa shape index (κ1) is 11.8. The second-order valence-electron chi connectivity index (χ2n) is 4.31. The smallest absolute Gasteiger partial charge is 0.225 e. The van der Waals surface area contributed by atoms with Crippen LogP contribution < -0.4 is 10.2 Å². The maximum atomic E-state index is 10.8. The van der Waals surface area contributed by atoms with E-state index < -0.39 is 0 Å². The molecule has 5 heteroatoms. The highest BCUT2D eigenvalue weighted by Gasteiger charge is 2.25. The van der Waals surface area contributed by atoms with Crippen LogP contribution in [0.25, 0.3) is 0 Å². The van der Waals surface area contributed by atoms with Crippen LogP contribution in [0.5, 0.6) is 0 Å². The van der Waals surface area contributed by atoms with E-state index >= 15 is 0 Å². The first-order valence-corrected chi connectivity index (χ1v) is 6.05. The molecule has 0 unspecified atom stereocenters. The summed E-state index contributed by atoms with van der Waals surface area (Å²) in [7, 11) is 0. The molecule has 1 aromatic heterocycles. The number of hydrogen-bond donors (Lipinski definition) is 1. The number of carbonyl (C=O) groups excluding carboxylic acids is 1. The van der Waals surface area contributed by atoms with Gasteiger partial charge in [0.25, 0.3) is 0 Å². The Bertz CT molecular complexity index is 368. The van der Waals surface area contributed by atoms with Crippen LogP contribution in [0.1, 0.15) is 26.2 Å². The van der Waals surface area contributed by atoms with E-state index in [0.717, 1.165) is 31.9 Å². The van der Waals surface area contributed by atoms with E-state index in [1.807, 2.05) is 6.07 Å². The van der Waals surface area contributed by atoms with Crippen molar-refractivity contribution in [1.29, 1.82) is 0 Å². The molecule has 1 aromatic rings. The van der Waals surface area contributed by atoms with Crippen LogP contribution in [0, 0.1) is 0 Å². The Hall–Kier alpha value is -1.65. The normalized spacial score (nSPS) is 19.4. The van der Waals surface area contributed by atoms with Gasteiger partial charge in [-0.3, -0.25) is 4.79 Å². The number of nitrogens with one attached hydrogen (secondary N) is 1. The average molecular weight is 234 g/mol. The fourth-order valence-corrected chi connectivity index (χ4v) is 2.25. The van der Waals surface area contributed by atoms with Gasteiger partial charge in [-0.1, -0.05) is 0 Å². The van der Waals surface area contributed by atoms with Gasteiger partial charge in [0.05, 0.1) is 0 Å². The zero-order chi connectivity index (χ0) is 12.1. The molecular formula is C12H18N4O. The van der Waals surface area contributed by atoms with E-state index in [0.29, 0.717) is 6.04 Å². The maximum Gasteiger partial charge on any atom is 0.225 e. The molecule has 2 rings (SSSR count). The summed E-state index contributed by atoms with van der Waals surface area (Å²) in [5.41, 5.74) is 0. The molecule has 17 heavy (non-hydrogen) atoms. The van der Waals surface area contributed by atoms with Crippen LogP contribution in [0.15, 0.2) is 18.5 Å². The summed E-state index contributed by atoms with van der Waals surface area (Å²) in [6, 6.07) is 2.27. The molecule has 2 heterocycles. The Labute approximate surface area is 101 Å².